The summed E-state index contributed by atoms with van der Waals surface area (Å²) in [5.74, 6) is -1.93. The zero-order chi connectivity index (χ0) is 15.7. The van der Waals surface area contributed by atoms with Crippen LogP contribution in [-0.2, 0) is 15.7 Å². The molecule has 0 aromatic heterocycles. The fraction of sp³-hybridized carbons (Fsp3) is 0.462. The lowest BCUT2D eigenvalue weighted by Crippen LogP contribution is -2.39. The molecule has 1 aromatic rings. The van der Waals surface area contributed by atoms with Gasteiger partial charge in [-0.3, -0.25) is 4.79 Å². The van der Waals surface area contributed by atoms with Crippen LogP contribution in [0.3, 0.4) is 0 Å². The molecule has 120 valence electrons. The molecule has 3 nitrogen and oxygen atoms in total. The Morgan fingerprint density at radius 3 is 2.24 bits per heavy atom. The number of nitrogens with two attached hydrogens (primary N) is 1. The first kappa shape index (κ1) is 19.7. The zero-order valence-electron chi connectivity index (χ0n) is 11.6. The van der Waals surface area contributed by atoms with E-state index in [9.17, 15) is 22.4 Å². The number of esters is 1. The molecule has 21 heavy (non-hydrogen) atoms. The van der Waals surface area contributed by atoms with E-state index in [-0.39, 0.29) is 12.4 Å². The van der Waals surface area contributed by atoms with Crippen molar-refractivity contribution >= 4 is 18.4 Å². The third kappa shape index (κ3) is 3.85. The Labute approximate surface area is 125 Å². The van der Waals surface area contributed by atoms with E-state index in [2.05, 4.69) is 4.74 Å². The second-order valence-electron chi connectivity index (χ2n) is 4.89. The molecule has 2 N–H and O–H groups in total. The van der Waals surface area contributed by atoms with Crippen molar-refractivity contribution in [2.75, 3.05) is 7.11 Å². The summed E-state index contributed by atoms with van der Waals surface area (Å²) in [7, 11) is 1.09. The Balaban J connectivity index is 0.00000400. The largest absolute Gasteiger partial charge is 0.469 e. The van der Waals surface area contributed by atoms with Crippen LogP contribution in [0.2, 0.25) is 0 Å². The standard InChI is InChI=1S/C13H15F4NO2.ClH/c1-12(2,11(19)20-3)10(18)9-7(13(15,16)17)5-4-6-8(9)14;/h4-6,10H,18H2,1-3H3;1H/t10-;/m0./s1. The van der Waals surface area contributed by atoms with Gasteiger partial charge in [-0.2, -0.15) is 13.2 Å². The smallest absolute Gasteiger partial charge is 0.416 e. The van der Waals surface area contributed by atoms with E-state index in [4.69, 9.17) is 5.73 Å². The molecule has 0 bridgehead atoms. The van der Waals surface area contributed by atoms with E-state index in [0.29, 0.717) is 0 Å². The number of alkyl halides is 3. The summed E-state index contributed by atoms with van der Waals surface area (Å²) >= 11 is 0. The van der Waals surface area contributed by atoms with Crippen LogP contribution in [0, 0.1) is 11.2 Å². The van der Waals surface area contributed by atoms with Crippen LogP contribution in [0.4, 0.5) is 17.6 Å². The van der Waals surface area contributed by atoms with E-state index in [1.165, 1.54) is 13.8 Å². The minimum absolute atomic E-state index is 0. The summed E-state index contributed by atoms with van der Waals surface area (Å²) in [6.45, 7) is 2.60. The monoisotopic (exact) mass is 329 g/mol. The lowest BCUT2D eigenvalue weighted by atomic mass is 9.79. The Bertz CT molecular complexity index is 517. The van der Waals surface area contributed by atoms with Gasteiger partial charge in [0.1, 0.15) is 5.82 Å². The summed E-state index contributed by atoms with van der Waals surface area (Å²) in [6, 6.07) is 1.05. The van der Waals surface area contributed by atoms with Crippen molar-refractivity contribution in [2.24, 2.45) is 11.1 Å². The molecule has 0 heterocycles. The van der Waals surface area contributed by atoms with Gasteiger partial charge in [-0.05, 0) is 26.0 Å². The number of ether oxygens (including phenoxy) is 1. The number of methoxy groups -OCH3 is 1. The molecule has 1 rings (SSSR count). The van der Waals surface area contributed by atoms with Crippen LogP contribution in [-0.4, -0.2) is 13.1 Å². The van der Waals surface area contributed by atoms with Crippen LogP contribution in [0.1, 0.15) is 31.0 Å². The third-order valence-corrected chi connectivity index (χ3v) is 3.16. The van der Waals surface area contributed by atoms with Gasteiger partial charge in [0.15, 0.2) is 0 Å². The average molecular weight is 330 g/mol. The first-order valence-corrected chi connectivity index (χ1v) is 5.73. The number of halogens is 5. The van der Waals surface area contributed by atoms with Crippen LogP contribution in [0.15, 0.2) is 18.2 Å². The Kier molecular flexibility index (Phi) is 6.19. The number of rotatable bonds is 3. The highest BCUT2D eigenvalue weighted by atomic mass is 35.5. The third-order valence-electron chi connectivity index (χ3n) is 3.16. The minimum Gasteiger partial charge on any atom is -0.469 e. The summed E-state index contributed by atoms with van der Waals surface area (Å²) in [6.07, 6.45) is -4.76. The lowest BCUT2D eigenvalue weighted by Gasteiger charge is -2.30. The van der Waals surface area contributed by atoms with E-state index in [1.807, 2.05) is 0 Å². The van der Waals surface area contributed by atoms with Gasteiger partial charge in [0.2, 0.25) is 0 Å². The average Bonchev–Trinajstić information content (AvgIpc) is 2.35. The normalized spacial score (nSPS) is 13.3. The minimum atomic E-state index is -4.76. The number of carbonyl (C=O) groups excluding carboxylic acids is 1. The van der Waals surface area contributed by atoms with Crippen LogP contribution < -0.4 is 5.73 Å². The summed E-state index contributed by atoms with van der Waals surface area (Å²) < 4.78 is 57.1. The highest BCUT2D eigenvalue weighted by Gasteiger charge is 2.43. The maximum atomic E-state index is 13.8. The van der Waals surface area contributed by atoms with Gasteiger partial charge in [0.05, 0.1) is 18.1 Å². The zero-order valence-corrected chi connectivity index (χ0v) is 12.4. The highest BCUT2D eigenvalue weighted by Crippen LogP contribution is 2.41. The van der Waals surface area contributed by atoms with Crippen LogP contribution in [0.5, 0.6) is 0 Å². The first-order valence-electron chi connectivity index (χ1n) is 5.73. The SMILES string of the molecule is COC(=O)C(C)(C)[C@@H](N)c1c(F)cccc1C(F)(F)F.Cl. The van der Waals surface area contributed by atoms with Crippen molar-refractivity contribution in [1.29, 1.82) is 0 Å². The molecule has 1 aromatic carbocycles. The number of carbonyl (C=O) groups is 1. The van der Waals surface area contributed by atoms with E-state index < -0.39 is 40.5 Å². The fourth-order valence-electron chi connectivity index (χ4n) is 1.85. The van der Waals surface area contributed by atoms with Crippen LogP contribution in [0.25, 0.3) is 0 Å². The van der Waals surface area contributed by atoms with Crippen LogP contribution >= 0.6 is 12.4 Å². The first-order chi connectivity index (χ1) is 9.03. The van der Waals surface area contributed by atoms with Crippen molar-refractivity contribution in [3.63, 3.8) is 0 Å². The molecular formula is C13H16ClF4NO2. The maximum absolute atomic E-state index is 13.8. The van der Waals surface area contributed by atoms with E-state index >= 15 is 0 Å². The Morgan fingerprint density at radius 1 is 1.29 bits per heavy atom. The molecule has 1 atom stereocenters. The quantitative estimate of drug-likeness (QED) is 0.682. The fourth-order valence-corrected chi connectivity index (χ4v) is 1.85. The Morgan fingerprint density at radius 2 is 1.81 bits per heavy atom. The molecule has 0 fully saturated rings. The number of benzene rings is 1. The molecule has 0 unspecified atom stereocenters. The molecule has 0 saturated carbocycles. The number of hydrogen-bond acceptors (Lipinski definition) is 3. The van der Waals surface area contributed by atoms with Gasteiger partial charge in [0, 0.05) is 11.6 Å². The Hall–Kier alpha value is -1.34. The number of hydrogen-bond donors (Lipinski definition) is 1. The van der Waals surface area contributed by atoms with Gasteiger partial charge in [0.25, 0.3) is 0 Å². The van der Waals surface area contributed by atoms with Crippen molar-refractivity contribution in [2.45, 2.75) is 26.1 Å². The van der Waals surface area contributed by atoms with Gasteiger partial charge >= 0.3 is 12.1 Å². The lowest BCUT2D eigenvalue weighted by molar-refractivity contribution is -0.153. The van der Waals surface area contributed by atoms with Crippen molar-refractivity contribution in [1.82, 2.24) is 0 Å². The second kappa shape index (κ2) is 6.62. The van der Waals surface area contributed by atoms with E-state index in [0.717, 1.165) is 25.3 Å². The maximum Gasteiger partial charge on any atom is 0.416 e. The molecule has 0 aliphatic carbocycles. The molecule has 0 amide bonds. The molecule has 0 radical (unpaired) electrons. The summed E-state index contributed by atoms with van der Waals surface area (Å²) in [5.41, 5.74) is 2.27. The second-order valence-corrected chi connectivity index (χ2v) is 4.89. The highest BCUT2D eigenvalue weighted by molar-refractivity contribution is 5.85. The van der Waals surface area contributed by atoms with Gasteiger partial charge < -0.3 is 10.5 Å². The molecule has 0 aliphatic rings. The molecular weight excluding hydrogens is 314 g/mol. The van der Waals surface area contributed by atoms with Crippen molar-refractivity contribution in [3.05, 3.63) is 35.1 Å². The van der Waals surface area contributed by atoms with Crippen molar-refractivity contribution in [3.8, 4) is 0 Å². The summed E-state index contributed by atoms with van der Waals surface area (Å²) in [5, 5.41) is 0. The van der Waals surface area contributed by atoms with Gasteiger partial charge in [-0.15, -0.1) is 12.4 Å². The molecule has 0 aliphatic heterocycles. The molecule has 0 spiro atoms. The predicted molar refractivity (Wildman–Crippen MR) is 71.4 cm³/mol. The molecule has 8 heteroatoms. The molecule has 0 saturated heterocycles. The van der Waals surface area contributed by atoms with Gasteiger partial charge in [-0.25, -0.2) is 4.39 Å². The predicted octanol–water partition coefficient (Wildman–Crippen LogP) is 3.47. The summed E-state index contributed by atoms with van der Waals surface area (Å²) in [4.78, 5) is 11.6. The van der Waals surface area contributed by atoms with E-state index in [1.54, 1.807) is 0 Å². The topological polar surface area (TPSA) is 52.3 Å². The van der Waals surface area contributed by atoms with Crippen molar-refractivity contribution < 1.29 is 27.1 Å². The van der Waals surface area contributed by atoms with Gasteiger partial charge in [-0.1, -0.05) is 6.07 Å².